The number of para-hydroxylation sites is 1. The smallest absolute Gasteiger partial charge is 0.0623 e. The van der Waals surface area contributed by atoms with Crippen LogP contribution < -0.4 is 10.4 Å². The third kappa shape index (κ3) is 1.92. The van der Waals surface area contributed by atoms with Crippen LogP contribution >= 0.6 is 15.9 Å². The zero-order valence-electron chi connectivity index (χ0n) is 6.94. The molecule has 1 N–H and O–H groups in total. The van der Waals surface area contributed by atoms with Gasteiger partial charge in [-0.3, -0.25) is 5.01 Å². The van der Waals surface area contributed by atoms with Crippen LogP contribution in [0.2, 0.25) is 0 Å². The lowest BCUT2D eigenvalue weighted by Crippen LogP contribution is -2.30. The SMILES string of the molecule is BrC1=CN(c2ccccc2)NC=C1. The summed E-state index contributed by atoms with van der Waals surface area (Å²) in [4.78, 5) is 0. The van der Waals surface area contributed by atoms with Crippen LogP contribution in [0.25, 0.3) is 0 Å². The van der Waals surface area contributed by atoms with Crippen molar-refractivity contribution in [1.29, 1.82) is 0 Å². The summed E-state index contributed by atoms with van der Waals surface area (Å²) in [5.41, 5.74) is 4.23. The lowest BCUT2D eigenvalue weighted by molar-refractivity contribution is 0.866. The molecule has 3 heteroatoms. The maximum Gasteiger partial charge on any atom is 0.0623 e. The van der Waals surface area contributed by atoms with Gasteiger partial charge >= 0.3 is 0 Å². The van der Waals surface area contributed by atoms with Crippen molar-refractivity contribution >= 4 is 21.6 Å². The fourth-order valence-corrected chi connectivity index (χ4v) is 1.48. The average Bonchev–Trinajstić information content (AvgIpc) is 2.19. The van der Waals surface area contributed by atoms with Crippen molar-refractivity contribution < 1.29 is 0 Å². The summed E-state index contributed by atoms with van der Waals surface area (Å²) in [6.07, 6.45) is 5.83. The van der Waals surface area contributed by atoms with Crippen LogP contribution in [-0.2, 0) is 0 Å². The Morgan fingerprint density at radius 2 is 1.92 bits per heavy atom. The molecule has 1 heterocycles. The van der Waals surface area contributed by atoms with E-state index in [-0.39, 0.29) is 0 Å². The summed E-state index contributed by atoms with van der Waals surface area (Å²) in [6.45, 7) is 0. The molecule has 0 saturated heterocycles. The van der Waals surface area contributed by atoms with Gasteiger partial charge in [0.2, 0.25) is 0 Å². The highest BCUT2D eigenvalue weighted by atomic mass is 79.9. The van der Waals surface area contributed by atoms with E-state index in [1.54, 1.807) is 0 Å². The Labute approximate surface area is 85.7 Å². The molecule has 0 radical (unpaired) electrons. The number of anilines is 1. The molecule has 13 heavy (non-hydrogen) atoms. The van der Waals surface area contributed by atoms with Crippen LogP contribution in [-0.4, -0.2) is 0 Å². The van der Waals surface area contributed by atoms with Crippen LogP contribution in [0.5, 0.6) is 0 Å². The fraction of sp³-hybridized carbons (Fsp3) is 0. The van der Waals surface area contributed by atoms with Crippen molar-refractivity contribution in [2.45, 2.75) is 0 Å². The van der Waals surface area contributed by atoms with Crippen LogP contribution in [0.4, 0.5) is 5.69 Å². The summed E-state index contributed by atoms with van der Waals surface area (Å²) < 4.78 is 1.05. The second-order valence-corrected chi connectivity index (χ2v) is 3.60. The van der Waals surface area contributed by atoms with Gasteiger partial charge in [0.1, 0.15) is 0 Å². The minimum absolute atomic E-state index is 1.05. The number of hydrazine groups is 1. The van der Waals surface area contributed by atoms with Gasteiger partial charge in [0.15, 0.2) is 0 Å². The van der Waals surface area contributed by atoms with E-state index in [0.717, 1.165) is 10.2 Å². The molecule has 0 unspecified atom stereocenters. The Bertz CT molecular complexity index is 343. The van der Waals surface area contributed by atoms with Gasteiger partial charge in [0.25, 0.3) is 0 Å². The molecule has 1 aliphatic rings. The van der Waals surface area contributed by atoms with Crippen molar-refractivity contribution in [2.24, 2.45) is 0 Å². The molecule has 0 aromatic heterocycles. The van der Waals surface area contributed by atoms with E-state index in [2.05, 4.69) is 21.4 Å². The lowest BCUT2D eigenvalue weighted by Gasteiger charge is -2.22. The van der Waals surface area contributed by atoms with Gasteiger partial charge in [-0.05, 0) is 34.1 Å². The Morgan fingerprint density at radius 3 is 2.62 bits per heavy atom. The molecule has 0 saturated carbocycles. The van der Waals surface area contributed by atoms with E-state index in [4.69, 9.17) is 0 Å². The van der Waals surface area contributed by atoms with Gasteiger partial charge in [-0.15, -0.1) is 0 Å². The predicted octanol–water partition coefficient (Wildman–Crippen LogP) is 2.76. The minimum Gasteiger partial charge on any atom is -0.302 e. The number of allylic oxidation sites excluding steroid dienone is 2. The van der Waals surface area contributed by atoms with Gasteiger partial charge in [-0.2, -0.15) is 0 Å². The molecule has 0 amide bonds. The first-order chi connectivity index (χ1) is 6.36. The summed E-state index contributed by atoms with van der Waals surface area (Å²) in [5, 5.41) is 1.95. The molecule has 1 aliphatic heterocycles. The van der Waals surface area contributed by atoms with E-state index in [1.165, 1.54) is 0 Å². The predicted molar refractivity (Wildman–Crippen MR) is 58.2 cm³/mol. The normalized spacial score (nSPS) is 15.2. The second kappa shape index (κ2) is 3.66. The summed E-state index contributed by atoms with van der Waals surface area (Å²) >= 11 is 3.42. The summed E-state index contributed by atoms with van der Waals surface area (Å²) in [6, 6.07) is 10.1. The molecule has 1 aromatic rings. The lowest BCUT2D eigenvalue weighted by atomic mass is 10.3. The number of halogens is 1. The van der Waals surface area contributed by atoms with Gasteiger partial charge in [0.05, 0.1) is 5.69 Å². The number of hydrogen-bond acceptors (Lipinski definition) is 2. The standard InChI is InChI=1S/C10H9BrN2/c11-9-6-7-12-13(8-9)10-4-2-1-3-5-10/h1-8,12H. The number of rotatable bonds is 1. The second-order valence-electron chi connectivity index (χ2n) is 2.68. The summed E-state index contributed by atoms with van der Waals surface area (Å²) in [7, 11) is 0. The molecule has 66 valence electrons. The highest BCUT2D eigenvalue weighted by Crippen LogP contribution is 2.17. The molecule has 0 atom stereocenters. The monoisotopic (exact) mass is 236 g/mol. The quantitative estimate of drug-likeness (QED) is 0.807. The Kier molecular flexibility index (Phi) is 2.36. The van der Waals surface area contributed by atoms with Crippen LogP contribution in [0, 0.1) is 0 Å². The van der Waals surface area contributed by atoms with Gasteiger partial charge < -0.3 is 5.43 Å². The highest BCUT2D eigenvalue weighted by Gasteiger charge is 2.03. The largest absolute Gasteiger partial charge is 0.302 e. The van der Waals surface area contributed by atoms with Crippen molar-refractivity contribution in [3.63, 3.8) is 0 Å². The van der Waals surface area contributed by atoms with Gasteiger partial charge in [-0.25, -0.2) is 0 Å². The first-order valence-corrected chi connectivity index (χ1v) is 4.80. The van der Waals surface area contributed by atoms with Gasteiger partial charge in [0, 0.05) is 16.9 Å². The average molecular weight is 237 g/mol. The van der Waals surface area contributed by atoms with E-state index in [0.29, 0.717) is 0 Å². The number of hydrogen-bond donors (Lipinski definition) is 1. The van der Waals surface area contributed by atoms with Crippen molar-refractivity contribution in [3.05, 3.63) is 53.3 Å². The van der Waals surface area contributed by atoms with Crippen LogP contribution in [0.3, 0.4) is 0 Å². The zero-order chi connectivity index (χ0) is 9.10. The van der Waals surface area contributed by atoms with Crippen LogP contribution in [0.1, 0.15) is 0 Å². The van der Waals surface area contributed by atoms with E-state index >= 15 is 0 Å². The number of benzene rings is 1. The number of nitrogens with one attached hydrogen (secondary N) is 1. The first kappa shape index (κ1) is 8.38. The Hall–Kier alpha value is -1.22. The molecule has 0 bridgehead atoms. The molecule has 0 spiro atoms. The summed E-state index contributed by atoms with van der Waals surface area (Å²) in [5.74, 6) is 0. The molecule has 1 aromatic carbocycles. The minimum atomic E-state index is 1.05. The van der Waals surface area contributed by atoms with E-state index < -0.39 is 0 Å². The molecular formula is C10H9BrN2. The Morgan fingerprint density at radius 1 is 1.15 bits per heavy atom. The number of nitrogens with zero attached hydrogens (tertiary/aromatic N) is 1. The van der Waals surface area contributed by atoms with Gasteiger partial charge in [-0.1, -0.05) is 18.2 Å². The Balaban J connectivity index is 2.24. The molecule has 0 aliphatic carbocycles. The van der Waals surface area contributed by atoms with E-state index in [9.17, 15) is 0 Å². The topological polar surface area (TPSA) is 15.3 Å². The van der Waals surface area contributed by atoms with Crippen LogP contribution in [0.15, 0.2) is 53.3 Å². The molecular weight excluding hydrogens is 228 g/mol. The van der Waals surface area contributed by atoms with E-state index in [1.807, 2.05) is 53.8 Å². The zero-order valence-corrected chi connectivity index (χ0v) is 8.53. The first-order valence-electron chi connectivity index (χ1n) is 4.00. The third-order valence-corrected chi connectivity index (χ3v) is 2.21. The molecule has 0 fully saturated rings. The van der Waals surface area contributed by atoms with Crippen molar-refractivity contribution in [1.82, 2.24) is 5.43 Å². The fourth-order valence-electron chi connectivity index (χ4n) is 1.14. The van der Waals surface area contributed by atoms with Crippen molar-refractivity contribution in [2.75, 3.05) is 5.01 Å². The molecule has 2 nitrogen and oxygen atoms in total. The highest BCUT2D eigenvalue weighted by molar-refractivity contribution is 9.11. The third-order valence-electron chi connectivity index (χ3n) is 1.74. The maximum atomic E-state index is 3.42. The van der Waals surface area contributed by atoms with Crippen molar-refractivity contribution in [3.8, 4) is 0 Å². The maximum absolute atomic E-state index is 3.42. The molecule has 2 rings (SSSR count).